The van der Waals surface area contributed by atoms with Crippen LogP contribution in [0.15, 0.2) is 70.5 Å². The zero-order valence-electron chi connectivity index (χ0n) is 15.1. The van der Waals surface area contributed by atoms with Crippen molar-refractivity contribution in [2.24, 2.45) is 11.8 Å². The first-order valence-electron chi connectivity index (χ1n) is 8.66. The second kappa shape index (κ2) is 8.34. The molecule has 0 bridgehead atoms. The Morgan fingerprint density at radius 1 is 0.889 bits per heavy atom. The minimum absolute atomic E-state index is 0.0107. The van der Waals surface area contributed by atoms with Crippen LogP contribution in [0.2, 0.25) is 0 Å². The van der Waals surface area contributed by atoms with Gasteiger partial charge in [0.05, 0.1) is 16.9 Å². The number of sulfone groups is 1. The first-order chi connectivity index (χ1) is 12.8. The van der Waals surface area contributed by atoms with E-state index in [1.54, 1.807) is 42.1 Å². The number of sulfonamides is 1. The molecule has 146 valence electrons. The molecule has 3 rings (SSSR count). The molecule has 0 radical (unpaired) electrons. The summed E-state index contributed by atoms with van der Waals surface area (Å²) in [6.45, 7) is 0.624. The molecule has 1 saturated heterocycles. The van der Waals surface area contributed by atoms with Crippen LogP contribution in [-0.2, 0) is 19.9 Å². The van der Waals surface area contributed by atoms with Crippen LogP contribution in [0.25, 0.3) is 0 Å². The average molecular weight is 426 g/mol. The molecule has 0 unspecified atom stereocenters. The van der Waals surface area contributed by atoms with Crippen molar-refractivity contribution in [2.45, 2.75) is 9.79 Å². The first kappa shape index (κ1) is 20.4. The van der Waals surface area contributed by atoms with Crippen molar-refractivity contribution in [1.82, 2.24) is 4.31 Å². The van der Waals surface area contributed by atoms with Gasteiger partial charge in [0.15, 0.2) is 9.84 Å². The van der Waals surface area contributed by atoms with Crippen molar-refractivity contribution in [3.05, 3.63) is 60.7 Å². The number of hydrogen-bond donors (Lipinski definition) is 0. The summed E-state index contributed by atoms with van der Waals surface area (Å²) >= 11 is 1.64. The van der Waals surface area contributed by atoms with E-state index in [1.807, 2.05) is 30.3 Å². The van der Waals surface area contributed by atoms with E-state index >= 15 is 0 Å². The maximum Gasteiger partial charge on any atom is 0.211 e. The monoisotopic (exact) mass is 425 g/mol. The highest BCUT2D eigenvalue weighted by atomic mass is 32.2. The molecule has 1 aliphatic rings. The SMILES string of the molecule is CS(=O)(=O)N1C[C@H](CSc2ccccc2)[C@H](CS(=O)(=O)c2ccccc2)C1. The van der Waals surface area contributed by atoms with E-state index in [0.29, 0.717) is 12.3 Å². The minimum atomic E-state index is -3.46. The summed E-state index contributed by atoms with van der Waals surface area (Å²) in [5, 5.41) is 0. The van der Waals surface area contributed by atoms with Gasteiger partial charge in [-0.05, 0) is 36.1 Å². The highest BCUT2D eigenvalue weighted by Crippen LogP contribution is 2.33. The Bertz CT molecular complexity index is 961. The highest BCUT2D eigenvalue weighted by molar-refractivity contribution is 7.99. The van der Waals surface area contributed by atoms with Crippen LogP contribution in [0.3, 0.4) is 0 Å². The summed E-state index contributed by atoms with van der Waals surface area (Å²) in [6, 6.07) is 18.2. The van der Waals surface area contributed by atoms with Gasteiger partial charge >= 0.3 is 0 Å². The van der Waals surface area contributed by atoms with Gasteiger partial charge in [-0.15, -0.1) is 11.8 Å². The lowest BCUT2D eigenvalue weighted by Gasteiger charge is -2.18. The van der Waals surface area contributed by atoms with Crippen LogP contribution in [-0.4, -0.2) is 52.0 Å². The molecule has 2 aromatic carbocycles. The van der Waals surface area contributed by atoms with Crippen LogP contribution in [0.1, 0.15) is 0 Å². The summed E-state index contributed by atoms with van der Waals surface area (Å²) in [7, 11) is -6.80. The molecule has 1 fully saturated rings. The topological polar surface area (TPSA) is 71.5 Å². The lowest BCUT2D eigenvalue weighted by molar-refractivity contribution is 0.468. The second-order valence-corrected chi connectivity index (χ2v) is 11.9. The summed E-state index contributed by atoms with van der Waals surface area (Å²) < 4.78 is 51.0. The molecular formula is C19H23NO4S3. The van der Waals surface area contributed by atoms with Crippen molar-refractivity contribution in [2.75, 3.05) is 30.9 Å². The number of hydrogen-bond acceptors (Lipinski definition) is 5. The lowest BCUT2D eigenvalue weighted by Crippen LogP contribution is -2.28. The van der Waals surface area contributed by atoms with Gasteiger partial charge in [-0.25, -0.2) is 21.1 Å². The normalized spacial score (nSPS) is 21.4. The minimum Gasteiger partial charge on any atom is -0.224 e. The smallest absolute Gasteiger partial charge is 0.211 e. The largest absolute Gasteiger partial charge is 0.224 e. The lowest BCUT2D eigenvalue weighted by atomic mass is 10.0. The van der Waals surface area contributed by atoms with Gasteiger partial charge in [-0.3, -0.25) is 0 Å². The summed E-state index contributed by atoms with van der Waals surface area (Å²) in [6.07, 6.45) is 1.18. The van der Waals surface area contributed by atoms with Gasteiger partial charge in [0.2, 0.25) is 10.0 Å². The Labute approximate surface area is 165 Å². The third-order valence-electron chi connectivity index (χ3n) is 4.76. The Kier molecular flexibility index (Phi) is 6.30. The van der Waals surface area contributed by atoms with Crippen LogP contribution in [0, 0.1) is 11.8 Å². The van der Waals surface area contributed by atoms with E-state index < -0.39 is 19.9 Å². The average Bonchev–Trinajstić information content (AvgIpc) is 3.04. The maximum atomic E-state index is 12.8. The Hall–Kier alpha value is -1.35. The van der Waals surface area contributed by atoms with E-state index in [0.717, 1.165) is 4.90 Å². The number of benzene rings is 2. The second-order valence-electron chi connectivity index (χ2n) is 6.82. The molecule has 0 spiro atoms. The first-order valence-corrected chi connectivity index (χ1v) is 13.1. The predicted octanol–water partition coefficient (Wildman–Crippen LogP) is 2.76. The van der Waals surface area contributed by atoms with Crippen molar-refractivity contribution < 1.29 is 16.8 Å². The zero-order valence-corrected chi connectivity index (χ0v) is 17.5. The third-order valence-corrected chi connectivity index (χ3v) is 9.05. The van der Waals surface area contributed by atoms with E-state index in [9.17, 15) is 16.8 Å². The van der Waals surface area contributed by atoms with Crippen molar-refractivity contribution in [3.63, 3.8) is 0 Å². The van der Waals surface area contributed by atoms with Gasteiger partial charge in [0.1, 0.15) is 0 Å². The fraction of sp³-hybridized carbons (Fsp3) is 0.368. The molecule has 0 N–H and O–H groups in total. The zero-order chi connectivity index (χ0) is 19.5. The summed E-state index contributed by atoms with van der Waals surface area (Å²) in [5.41, 5.74) is 0. The summed E-state index contributed by atoms with van der Waals surface area (Å²) in [4.78, 5) is 1.39. The fourth-order valence-electron chi connectivity index (χ4n) is 3.27. The number of thioether (sulfide) groups is 1. The molecule has 0 saturated carbocycles. The van der Waals surface area contributed by atoms with Crippen LogP contribution >= 0.6 is 11.8 Å². The maximum absolute atomic E-state index is 12.8. The molecule has 0 aliphatic carbocycles. The van der Waals surface area contributed by atoms with Gasteiger partial charge in [0.25, 0.3) is 0 Å². The quantitative estimate of drug-likeness (QED) is 0.638. The van der Waals surface area contributed by atoms with E-state index in [4.69, 9.17) is 0 Å². The standard InChI is InChI=1S/C19H23NO4S3/c1-26(21,22)20-12-16(14-25-18-8-4-2-5-9-18)17(13-20)15-27(23,24)19-10-6-3-7-11-19/h2-11,16-17H,12-15H2,1H3/t16-,17+/m1/s1. The van der Waals surface area contributed by atoms with Gasteiger partial charge in [0, 0.05) is 23.7 Å². The molecule has 0 aromatic heterocycles. The Morgan fingerprint density at radius 2 is 1.44 bits per heavy atom. The Balaban J connectivity index is 1.77. The van der Waals surface area contributed by atoms with Gasteiger partial charge in [-0.1, -0.05) is 36.4 Å². The van der Waals surface area contributed by atoms with E-state index in [2.05, 4.69) is 0 Å². The number of nitrogens with zero attached hydrogens (tertiary/aromatic N) is 1. The van der Waals surface area contributed by atoms with Crippen molar-refractivity contribution in [3.8, 4) is 0 Å². The Morgan fingerprint density at radius 3 is 2.04 bits per heavy atom. The molecule has 8 heteroatoms. The van der Waals surface area contributed by atoms with Crippen molar-refractivity contribution >= 4 is 31.6 Å². The number of rotatable bonds is 7. The third kappa shape index (κ3) is 5.34. The molecule has 2 aromatic rings. The van der Waals surface area contributed by atoms with Crippen LogP contribution < -0.4 is 0 Å². The van der Waals surface area contributed by atoms with Crippen LogP contribution in [0.5, 0.6) is 0 Å². The molecular weight excluding hydrogens is 402 g/mol. The molecule has 27 heavy (non-hydrogen) atoms. The predicted molar refractivity (Wildman–Crippen MR) is 109 cm³/mol. The molecule has 1 heterocycles. The molecule has 5 nitrogen and oxygen atoms in total. The van der Waals surface area contributed by atoms with E-state index in [1.165, 1.54) is 10.6 Å². The fourth-order valence-corrected chi connectivity index (χ4v) is 7.03. The molecule has 2 atom stereocenters. The van der Waals surface area contributed by atoms with E-state index in [-0.39, 0.29) is 29.0 Å². The highest BCUT2D eigenvalue weighted by Gasteiger charge is 2.39. The van der Waals surface area contributed by atoms with Crippen molar-refractivity contribution in [1.29, 1.82) is 0 Å². The molecule has 1 aliphatic heterocycles. The summed E-state index contributed by atoms with van der Waals surface area (Å²) in [5.74, 6) is 0.415. The molecule has 0 amide bonds. The van der Waals surface area contributed by atoms with Gasteiger partial charge < -0.3 is 0 Å². The van der Waals surface area contributed by atoms with Gasteiger partial charge in [-0.2, -0.15) is 0 Å². The van der Waals surface area contributed by atoms with Crippen LogP contribution in [0.4, 0.5) is 0 Å².